The van der Waals surface area contributed by atoms with E-state index in [1.807, 2.05) is 0 Å². The predicted octanol–water partition coefficient (Wildman–Crippen LogP) is 1.08. The largest absolute Gasteiger partial charge is 0.495 e. The summed E-state index contributed by atoms with van der Waals surface area (Å²) in [5.74, 6) is 0.348. The summed E-state index contributed by atoms with van der Waals surface area (Å²) in [6.07, 6.45) is 0.735. The van der Waals surface area contributed by atoms with Crippen LogP contribution in [0.5, 0.6) is 5.75 Å². The molecule has 1 heterocycles. The maximum Gasteiger partial charge on any atom is 0.244 e. The Bertz CT molecular complexity index is 577. The predicted molar refractivity (Wildman–Crippen MR) is 84.7 cm³/mol. The number of likely N-dealkylation sites (N-methyl/N-ethyl adjacent to an activating group) is 1. The summed E-state index contributed by atoms with van der Waals surface area (Å²) in [6, 6.07) is 6.60. The molecule has 1 aliphatic heterocycles. The SMILES string of the molecule is CCN1CCOC(CCNS(=O)(=O)c2ccccc2OC)C1. The number of rotatable bonds is 7. The van der Waals surface area contributed by atoms with Gasteiger partial charge in [0.1, 0.15) is 10.6 Å². The van der Waals surface area contributed by atoms with Crippen molar-refractivity contribution < 1.29 is 17.9 Å². The molecule has 7 heteroatoms. The van der Waals surface area contributed by atoms with Gasteiger partial charge in [-0.2, -0.15) is 0 Å². The van der Waals surface area contributed by atoms with Gasteiger partial charge in [-0.1, -0.05) is 19.1 Å². The second-order valence-corrected chi connectivity index (χ2v) is 6.96. The van der Waals surface area contributed by atoms with E-state index in [1.165, 1.54) is 13.2 Å². The van der Waals surface area contributed by atoms with E-state index >= 15 is 0 Å². The summed E-state index contributed by atoms with van der Waals surface area (Å²) in [4.78, 5) is 2.47. The lowest BCUT2D eigenvalue weighted by atomic mass is 10.2. The molecule has 6 nitrogen and oxygen atoms in total. The van der Waals surface area contributed by atoms with Gasteiger partial charge in [0.2, 0.25) is 10.0 Å². The number of sulfonamides is 1. The highest BCUT2D eigenvalue weighted by atomic mass is 32.2. The quantitative estimate of drug-likeness (QED) is 0.811. The van der Waals surface area contributed by atoms with Gasteiger partial charge >= 0.3 is 0 Å². The lowest BCUT2D eigenvalue weighted by Gasteiger charge is -2.32. The van der Waals surface area contributed by atoms with E-state index in [2.05, 4.69) is 16.5 Å². The zero-order valence-electron chi connectivity index (χ0n) is 13.1. The van der Waals surface area contributed by atoms with Crippen molar-refractivity contribution in [3.8, 4) is 5.75 Å². The average molecular weight is 328 g/mol. The summed E-state index contributed by atoms with van der Waals surface area (Å²) < 4.78 is 38.1. The van der Waals surface area contributed by atoms with Gasteiger partial charge in [0, 0.05) is 19.6 Å². The zero-order chi connectivity index (χ0) is 16.0. The van der Waals surface area contributed by atoms with E-state index in [0.717, 1.165) is 19.6 Å². The molecule has 1 aliphatic rings. The van der Waals surface area contributed by atoms with Gasteiger partial charge in [0.15, 0.2) is 0 Å². The van der Waals surface area contributed by atoms with Crippen LogP contribution in [0.4, 0.5) is 0 Å². The standard InChI is InChI=1S/C15H24N2O4S/c1-3-17-10-11-21-13(12-17)8-9-16-22(18,19)15-7-5-4-6-14(15)20-2/h4-7,13,16H,3,8-12H2,1-2H3. The van der Waals surface area contributed by atoms with Crippen LogP contribution in [0, 0.1) is 0 Å². The number of nitrogens with zero attached hydrogens (tertiary/aromatic N) is 1. The van der Waals surface area contributed by atoms with Crippen molar-refractivity contribution in [3.05, 3.63) is 24.3 Å². The van der Waals surface area contributed by atoms with Crippen LogP contribution in [-0.2, 0) is 14.8 Å². The molecule has 0 saturated carbocycles. The highest BCUT2D eigenvalue weighted by Gasteiger charge is 2.22. The van der Waals surface area contributed by atoms with E-state index in [9.17, 15) is 8.42 Å². The number of hydrogen-bond donors (Lipinski definition) is 1. The zero-order valence-corrected chi connectivity index (χ0v) is 13.9. The fourth-order valence-electron chi connectivity index (χ4n) is 2.52. The van der Waals surface area contributed by atoms with Crippen molar-refractivity contribution in [1.82, 2.24) is 9.62 Å². The Morgan fingerprint density at radius 2 is 2.18 bits per heavy atom. The molecule has 1 atom stereocenters. The smallest absolute Gasteiger partial charge is 0.244 e. The lowest BCUT2D eigenvalue weighted by molar-refractivity contribution is -0.0292. The van der Waals surface area contributed by atoms with Gasteiger partial charge in [-0.3, -0.25) is 4.90 Å². The number of ether oxygens (including phenoxy) is 2. The molecule has 1 aromatic rings. The van der Waals surface area contributed by atoms with Crippen molar-refractivity contribution in [2.45, 2.75) is 24.3 Å². The van der Waals surface area contributed by atoms with Crippen LogP contribution in [-0.4, -0.2) is 59.3 Å². The number of morpholine rings is 1. The summed E-state index contributed by atoms with van der Waals surface area (Å²) in [6.45, 7) is 5.97. The number of benzene rings is 1. The lowest BCUT2D eigenvalue weighted by Crippen LogP contribution is -2.43. The monoisotopic (exact) mass is 328 g/mol. The minimum absolute atomic E-state index is 0.0778. The molecule has 0 spiro atoms. The molecule has 0 aliphatic carbocycles. The minimum atomic E-state index is -3.57. The van der Waals surface area contributed by atoms with Crippen LogP contribution in [0.2, 0.25) is 0 Å². The molecule has 0 amide bonds. The topological polar surface area (TPSA) is 67.9 Å². The summed E-state index contributed by atoms with van der Waals surface area (Å²) >= 11 is 0. The molecule has 1 fully saturated rings. The third-order valence-electron chi connectivity index (χ3n) is 3.79. The molecule has 1 aromatic carbocycles. The molecule has 22 heavy (non-hydrogen) atoms. The Morgan fingerprint density at radius 1 is 1.41 bits per heavy atom. The number of methoxy groups -OCH3 is 1. The minimum Gasteiger partial charge on any atom is -0.495 e. The van der Waals surface area contributed by atoms with Gasteiger partial charge < -0.3 is 9.47 Å². The fourth-order valence-corrected chi connectivity index (χ4v) is 3.73. The van der Waals surface area contributed by atoms with Crippen LogP contribution in [0.25, 0.3) is 0 Å². The third-order valence-corrected chi connectivity index (χ3v) is 5.29. The normalized spacial score (nSPS) is 20.0. The number of hydrogen-bond acceptors (Lipinski definition) is 5. The maximum atomic E-state index is 12.3. The number of nitrogens with one attached hydrogen (secondary N) is 1. The second-order valence-electron chi connectivity index (χ2n) is 5.22. The first-order valence-corrected chi connectivity index (χ1v) is 9.01. The molecule has 1 unspecified atom stereocenters. The van der Waals surface area contributed by atoms with E-state index in [0.29, 0.717) is 25.3 Å². The second kappa shape index (κ2) is 7.92. The van der Waals surface area contributed by atoms with Crippen LogP contribution in [0.15, 0.2) is 29.2 Å². The van der Waals surface area contributed by atoms with Crippen LogP contribution < -0.4 is 9.46 Å². The van der Waals surface area contributed by atoms with E-state index in [-0.39, 0.29) is 11.0 Å². The Morgan fingerprint density at radius 3 is 2.91 bits per heavy atom. The van der Waals surface area contributed by atoms with Crippen LogP contribution in [0.3, 0.4) is 0 Å². The maximum absolute atomic E-state index is 12.3. The Balaban J connectivity index is 1.90. The van der Waals surface area contributed by atoms with Gasteiger partial charge in [-0.15, -0.1) is 0 Å². The molecule has 1 N–H and O–H groups in total. The van der Waals surface area contributed by atoms with Crippen LogP contribution in [0.1, 0.15) is 13.3 Å². The van der Waals surface area contributed by atoms with Crippen LogP contribution >= 0.6 is 0 Å². The van der Waals surface area contributed by atoms with E-state index in [1.54, 1.807) is 18.2 Å². The summed E-state index contributed by atoms with van der Waals surface area (Å²) in [5.41, 5.74) is 0. The highest BCUT2D eigenvalue weighted by molar-refractivity contribution is 7.89. The fraction of sp³-hybridized carbons (Fsp3) is 0.600. The molecule has 0 aromatic heterocycles. The highest BCUT2D eigenvalue weighted by Crippen LogP contribution is 2.22. The Hall–Kier alpha value is -1.15. The van der Waals surface area contributed by atoms with Gasteiger partial charge in [-0.05, 0) is 25.1 Å². The Labute approximate surface area is 132 Å². The third kappa shape index (κ3) is 4.42. The first-order valence-electron chi connectivity index (χ1n) is 7.53. The Kier molecular flexibility index (Phi) is 6.19. The molecule has 0 radical (unpaired) electrons. The molecule has 1 saturated heterocycles. The summed E-state index contributed by atoms with van der Waals surface area (Å²) in [7, 11) is -2.11. The van der Waals surface area contributed by atoms with Crippen molar-refractivity contribution in [1.29, 1.82) is 0 Å². The first kappa shape index (κ1) is 17.2. The van der Waals surface area contributed by atoms with Crippen molar-refractivity contribution >= 4 is 10.0 Å². The number of para-hydroxylation sites is 1. The van der Waals surface area contributed by atoms with E-state index in [4.69, 9.17) is 9.47 Å². The van der Waals surface area contributed by atoms with Crippen molar-refractivity contribution in [2.75, 3.05) is 39.9 Å². The van der Waals surface area contributed by atoms with Crippen molar-refractivity contribution in [3.63, 3.8) is 0 Å². The van der Waals surface area contributed by atoms with Crippen molar-refractivity contribution in [2.24, 2.45) is 0 Å². The van der Waals surface area contributed by atoms with Gasteiger partial charge in [0.05, 0.1) is 19.8 Å². The molecule has 124 valence electrons. The molecular formula is C15H24N2O4S. The summed E-state index contributed by atoms with van der Waals surface area (Å²) in [5, 5.41) is 0. The van der Waals surface area contributed by atoms with E-state index < -0.39 is 10.0 Å². The molecule has 2 rings (SSSR count). The van der Waals surface area contributed by atoms with Gasteiger partial charge in [-0.25, -0.2) is 13.1 Å². The average Bonchev–Trinajstić information content (AvgIpc) is 2.55. The van der Waals surface area contributed by atoms with Gasteiger partial charge in [0.25, 0.3) is 0 Å². The first-order chi connectivity index (χ1) is 10.6. The molecular weight excluding hydrogens is 304 g/mol. The molecule has 0 bridgehead atoms.